The number of nitriles is 2. The maximum absolute atomic E-state index is 13.6. The molecular weight excluding hydrogens is 645 g/mol. The summed E-state index contributed by atoms with van der Waals surface area (Å²) in [6.45, 7) is 0. The molecule has 0 radical (unpaired) electrons. The zero-order valence-electron chi connectivity index (χ0n) is 26.6. The van der Waals surface area contributed by atoms with Crippen LogP contribution >= 0.6 is 0 Å². The minimum absolute atomic E-state index is 0.405. The van der Waals surface area contributed by atoms with E-state index in [0.717, 1.165) is 45.1 Å². The fraction of sp³-hybridized carbons (Fsp3) is 0.0238. The molecule has 0 saturated heterocycles. The Labute approximate surface area is 290 Å². The molecule has 0 aliphatic carbocycles. The average Bonchev–Trinajstić information content (AvgIpc) is 3.50. The number of alkyl halides is 3. The lowest BCUT2D eigenvalue weighted by Gasteiger charge is -2.17. The van der Waals surface area contributed by atoms with Crippen molar-refractivity contribution >= 4 is 21.8 Å². The number of rotatable bonds is 5. The molecule has 0 amide bonds. The van der Waals surface area contributed by atoms with Crippen LogP contribution in [0.3, 0.4) is 0 Å². The third-order valence-electron chi connectivity index (χ3n) is 8.74. The van der Waals surface area contributed by atoms with Gasteiger partial charge in [0.15, 0.2) is 17.5 Å². The molecule has 0 N–H and O–H groups in total. The fourth-order valence-electron chi connectivity index (χ4n) is 6.30. The summed E-state index contributed by atoms with van der Waals surface area (Å²) in [4.78, 5) is 14.6. The number of hydrogen-bond donors (Lipinski definition) is 0. The Hall–Kier alpha value is -7.10. The van der Waals surface area contributed by atoms with Crippen LogP contribution in [0.5, 0.6) is 0 Å². The van der Waals surface area contributed by atoms with Gasteiger partial charge in [0.1, 0.15) is 0 Å². The molecule has 0 aliphatic rings. The van der Waals surface area contributed by atoms with Crippen LogP contribution in [0, 0.1) is 22.7 Å². The van der Waals surface area contributed by atoms with Crippen LogP contribution in [0.1, 0.15) is 16.7 Å². The minimum Gasteiger partial charge on any atom is -0.309 e. The summed E-state index contributed by atoms with van der Waals surface area (Å²) in [6, 6.07) is 44.9. The van der Waals surface area contributed by atoms with E-state index in [1.807, 2.05) is 95.6 Å². The molecule has 6 aromatic carbocycles. The smallest absolute Gasteiger partial charge is 0.309 e. The molecule has 0 bridgehead atoms. The molecule has 6 nitrogen and oxygen atoms in total. The van der Waals surface area contributed by atoms with Crippen molar-refractivity contribution in [3.8, 4) is 63.1 Å². The Morgan fingerprint density at radius 3 is 1.43 bits per heavy atom. The summed E-state index contributed by atoms with van der Waals surface area (Å²) in [5, 5.41) is 21.0. The summed E-state index contributed by atoms with van der Waals surface area (Å²) < 4.78 is 42.7. The van der Waals surface area contributed by atoms with Crippen LogP contribution in [0.15, 0.2) is 140 Å². The highest BCUT2D eigenvalue weighted by molar-refractivity contribution is 6.10. The predicted molar refractivity (Wildman–Crippen MR) is 190 cm³/mol. The van der Waals surface area contributed by atoms with Gasteiger partial charge in [-0.1, -0.05) is 84.9 Å². The van der Waals surface area contributed by atoms with Gasteiger partial charge in [0.05, 0.1) is 45.5 Å². The van der Waals surface area contributed by atoms with E-state index in [4.69, 9.17) is 15.0 Å². The highest BCUT2D eigenvalue weighted by atomic mass is 19.4. The number of halogens is 3. The van der Waals surface area contributed by atoms with Gasteiger partial charge in [0, 0.05) is 33.0 Å². The molecule has 8 aromatic rings. The zero-order chi connectivity index (χ0) is 35.1. The molecule has 0 saturated carbocycles. The standard InChI is InChI=1S/C42H23F3N6/c43-42(44,45)32-16-13-28(14-17-32)33-18-15-31(41-49-39(29-7-3-1-4-8-29)48-40(50-41)30-9-5-2-6-10-30)23-38(33)51-36-19-11-26(24-46)21-34(36)35-22-27(25-47)12-20-37(35)51/h1-23H. The molecule has 9 heteroatoms. The van der Waals surface area contributed by atoms with Crippen molar-refractivity contribution in [2.24, 2.45) is 0 Å². The van der Waals surface area contributed by atoms with Crippen LogP contribution in [-0.2, 0) is 6.18 Å². The number of benzene rings is 6. The van der Waals surface area contributed by atoms with Gasteiger partial charge in [-0.3, -0.25) is 0 Å². The quantitative estimate of drug-likeness (QED) is 0.182. The second kappa shape index (κ2) is 12.4. The lowest BCUT2D eigenvalue weighted by atomic mass is 9.99. The molecule has 2 aromatic heterocycles. The van der Waals surface area contributed by atoms with Crippen molar-refractivity contribution in [2.75, 3.05) is 0 Å². The maximum Gasteiger partial charge on any atom is 0.416 e. The fourth-order valence-corrected chi connectivity index (χ4v) is 6.30. The van der Waals surface area contributed by atoms with Gasteiger partial charge in [-0.25, -0.2) is 15.0 Å². The Balaban J connectivity index is 1.42. The van der Waals surface area contributed by atoms with E-state index >= 15 is 0 Å². The van der Waals surface area contributed by atoms with Gasteiger partial charge in [-0.05, 0) is 60.2 Å². The average molecular weight is 669 g/mol. The Morgan fingerprint density at radius 2 is 0.961 bits per heavy atom. The van der Waals surface area contributed by atoms with E-state index in [-0.39, 0.29) is 0 Å². The molecule has 8 rings (SSSR count). The molecule has 0 unspecified atom stereocenters. The second-order valence-electron chi connectivity index (χ2n) is 11.9. The predicted octanol–water partition coefficient (Wildman–Crippen LogP) is 10.4. The third-order valence-corrected chi connectivity index (χ3v) is 8.74. The van der Waals surface area contributed by atoms with Crippen LogP contribution in [0.2, 0.25) is 0 Å². The van der Waals surface area contributed by atoms with Crippen molar-refractivity contribution in [3.63, 3.8) is 0 Å². The van der Waals surface area contributed by atoms with E-state index in [1.54, 1.807) is 24.3 Å². The molecular formula is C42H23F3N6. The molecule has 0 atom stereocenters. The molecule has 0 fully saturated rings. The number of fused-ring (bicyclic) bond motifs is 3. The van der Waals surface area contributed by atoms with E-state index in [9.17, 15) is 23.7 Å². The maximum atomic E-state index is 13.6. The first kappa shape index (κ1) is 31.2. The highest BCUT2D eigenvalue weighted by Crippen LogP contribution is 2.40. The van der Waals surface area contributed by atoms with Gasteiger partial charge < -0.3 is 4.57 Å². The minimum atomic E-state index is -4.49. The summed E-state index contributed by atoms with van der Waals surface area (Å²) in [5.74, 6) is 1.37. The third kappa shape index (κ3) is 5.73. The Bertz CT molecular complexity index is 2560. The van der Waals surface area contributed by atoms with E-state index in [0.29, 0.717) is 51.0 Å². The molecule has 242 valence electrons. The molecule has 2 heterocycles. The monoisotopic (exact) mass is 668 g/mol. The van der Waals surface area contributed by atoms with Gasteiger partial charge in [-0.2, -0.15) is 23.7 Å². The topological polar surface area (TPSA) is 91.2 Å². The van der Waals surface area contributed by atoms with Crippen LogP contribution in [0.4, 0.5) is 13.2 Å². The van der Waals surface area contributed by atoms with E-state index in [2.05, 4.69) is 12.1 Å². The van der Waals surface area contributed by atoms with E-state index < -0.39 is 11.7 Å². The lowest BCUT2D eigenvalue weighted by Crippen LogP contribution is -2.04. The molecule has 0 spiro atoms. The Kier molecular flexibility index (Phi) is 7.59. The summed E-state index contributed by atoms with van der Waals surface area (Å²) in [6.07, 6.45) is -4.49. The number of aromatic nitrogens is 4. The van der Waals surface area contributed by atoms with Crippen molar-refractivity contribution in [1.29, 1.82) is 10.5 Å². The van der Waals surface area contributed by atoms with Crippen molar-refractivity contribution in [2.45, 2.75) is 6.18 Å². The van der Waals surface area contributed by atoms with Gasteiger partial charge >= 0.3 is 6.18 Å². The van der Waals surface area contributed by atoms with Crippen LogP contribution < -0.4 is 0 Å². The molecule has 0 aliphatic heterocycles. The van der Waals surface area contributed by atoms with Crippen LogP contribution in [-0.4, -0.2) is 19.5 Å². The van der Waals surface area contributed by atoms with E-state index in [1.165, 1.54) is 12.1 Å². The van der Waals surface area contributed by atoms with Crippen molar-refractivity contribution in [3.05, 3.63) is 156 Å². The molecule has 51 heavy (non-hydrogen) atoms. The van der Waals surface area contributed by atoms with Gasteiger partial charge in [0.25, 0.3) is 0 Å². The van der Waals surface area contributed by atoms with Gasteiger partial charge in [0.2, 0.25) is 0 Å². The normalized spacial score (nSPS) is 11.4. The lowest BCUT2D eigenvalue weighted by molar-refractivity contribution is -0.137. The first-order valence-electron chi connectivity index (χ1n) is 15.9. The summed E-state index contributed by atoms with van der Waals surface area (Å²) >= 11 is 0. The van der Waals surface area contributed by atoms with Crippen molar-refractivity contribution < 1.29 is 13.2 Å². The largest absolute Gasteiger partial charge is 0.416 e. The summed E-state index contributed by atoms with van der Waals surface area (Å²) in [7, 11) is 0. The van der Waals surface area contributed by atoms with Crippen LogP contribution in [0.25, 0.3) is 72.8 Å². The number of nitrogens with zero attached hydrogens (tertiary/aromatic N) is 6. The highest BCUT2D eigenvalue weighted by Gasteiger charge is 2.30. The first-order valence-corrected chi connectivity index (χ1v) is 15.9. The Morgan fingerprint density at radius 1 is 0.490 bits per heavy atom. The van der Waals surface area contributed by atoms with Gasteiger partial charge in [-0.15, -0.1) is 0 Å². The summed E-state index contributed by atoms with van der Waals surface area (Å²) in [5.41, 5.74) is 5.77. The van der Waals surface area contributed by atoms with Crippen molar-refractivity contribution in [1.82, 2.24) is 19.5 Å². The second-order valence-corrected chi connectivity index (χ2v) is 11.9. The SMILES string of the molecule is N#Cc1ccc2c(c1)c1cc(C#N)ccc1n2-c1cc(-c2nc(-c3ccccc3)nc(-c3ccccc3)n2)ccc1-c1ccc(C(F)(F)F)cc1. The zero-order valence-corrected chi connectivity index (χ0v) is 26.6. The number of hydrogen-bond acceptors (Lipinski definition) is 5. The first-order chi connectivity index (χ1) is 24.8.